The van der Waals surface area contributed by atoms with E-state index in [9.17, 15) is 26.7 Å². The van der Waals surface area contributed by atoms with Crippen LogP contribution in [0.1, 0.15) is 12.8 Å². The Balaban J connectivity index is 2.08. The van der Waals surface area contributed by atoms with E-state index in [1.54, 1.807) is 0 Å². The second-order valence-electron chi connectivity index (χ2n) is 6.06. The van der Waals surface area contributed by atoms with Crippen molar-refractivity contribution in [3.8, 4) is 0 Å². The van der Waals surface area contributed by atoms with Crippen LogP contribution in [0, 0.1) is 11.6 Å². The summed E-state index contributed by atoms with van der Waals surface area (Å²) in [6.45, 7) is 2.40. The number of nitrogens with two attached hydrogens (primary N) is 1. The lowest BCUT2D eigenvalue weighted by Gasteiger charge is -2.10. The van der Waals surface area contributed by atoms with Gasteiger partial charge in [0, 0.05) is 24.1 Å². The molecule has 0 amide bonds. The molecule has 0 aliphatic rings. The molecule has 3 rings (SSSR count). The van der Waals surface area contributed by atoms with E-state index in [1.165, 1.54) is 0 Å². The highest BCUT2D eigenvalue weighted by atomic mass is 19.2. The van der Waals surface area contributed by atoms with Crippen LogP contribution in [0.3, 0.4) is 0 Å². The third kappa shape index (κ3) is 3.47. The summed E-state index contributed by atoms with van der Waals surface area (Å²) in [6, 6.07) is 1.51. The minimum Gasteiger partial charge on any atom is -0.381 e. The van der Waals surface area contributed by atoms with Crippen molar-refractivity contribution in [2.24, 2.45) is 0 Å². The standard InChI is InChI=1S/C17H14F5N5O/c1-8(19)2-3-10(20)9(6-18)7-26-17(28)27-14-5-12(22)11(21)4-13(14)24-15(23)16(27)25-26/h4-6,10H,1-3,7H2,(H2,23,24)/b9-6+. The number of hydrogen-bond donors (Lipinski definition) is 1. The molecule has 0 saturated carbocycles. The third-order valence-corrected chi connectivity index (χ3v) is 4.11. The SMILES string of the molecule is C=C(F)CCC(F)/C(=C/F)Cn1nc2c(N)nc3cc(F)c(F)cc3n2c1=O. The first kappa shape index (κ1) is 19.5. The number of allylic oxidation sites excluding steroid dienone is 2. The van der Waals surface area contributed by atoms with Gasteiger partial charge in [0.05, 0.1) is 29.7 Å². The van der Waals surface area contributed by atoms with Gasteiger partial charge in [0.15, 0.2) is 17.5 Å². The van der Waals surface area contributed by atoms with Gasteiger partial charge in [-0.25, -0.2) is 40.8 Å². The normalized spacial score (nSPS) is 13.4. The lowest BCUT2D eigenvalue weighted by atomic mass is 10.1. The Labute approximate surface area is 154 Å². The van der Waals surface area contributed by atoms with Crippen molar-refractivity contribution < 1.29 is 22.0 Å². The third-order valence-electron chi connectivity index (χ3n) is 4.11. The van der Waals surface area contributed by atoms with E-state index >= 15 is 0 Å². The summed E-state index contributed by atoms with van der Waals surface area (Å²) in [7, 11) is 0. The van der Waals surface area contributed by atoms with Crippen molar-refractivity contribution in [1.29, 1.82) is 0 Å². The molecule has 0 aliphatic carbocycles. The second kappa shape index (κ2) is 7.41. The van der Waals surface area contributed by atoms with Gasteiger partial charge in [0.25, 0.3) is 0 Å². The van der Waals surface area contributed by atoms with Gasteiger partial charge < -0.3 is 5.73 Å². The highest BCUT2D eigenvalue weighted by Gasteiger charge is 2.20. The monoisotopic (exact) mass is 399 g/mol. The van der Waals surface area contributed by atoms with Gasteiger partial charge in [-0.15, -0.1) is 5.10 Å². The molecule has 0 saturated heterocycles. The zero-order valence-electron chi connectivity index (χ0n) is 14.3. The lowest BCUT2D eigenvalue weighted by molar-refractivity contribution is 0.333. The van der Waals surface area contributed by atoms with E-state index in [0.717, 1.165) is 16.5 Å². The number of aromatic nitrogens is 4. The number of rotatable bonds is 6. The maximum atomic E-state index is 14.1. The van der Waals surface area contributed by atoms with Crippen LogP contribution in [0.4, 0.5) is 27.8 Å². The van der Waals surface area contributed by atoms with Crippen LogP contribution in [0.2, 0.25) is 0 Å². The summed E-state index contributed by atoms with van der Waals surface area (Å²) in [5, 5.41) is 3.88. The van der Waals surface area contributed by atoms with Gasteiger partial charge in [-0.1, -0.05) is 6.58 Å². The minimum absolute atomic E-state index is 0.0309. The molecule has 11 heteroatoms. The molecule has 2 aromatic heterocycles. The van der Waals surface area contributed by atoms with Crippen LogP contribution in [0.5, 0.6) is 0 Å². The summed E-state index contributed by atoms with van der Waals surface area (Å²) in [5.74, 6) is -3.42. The fourth-order valence-electron chi connectivity index (χ4n) is 2.71. The van der Waals surface area contributed by atoms with Crippen LogP contribution in [-0.2, 0) is 6.54 Å². The fraction of sp³-hybridized carbons (Fsp3) is 0.235. The molecular formula is C17H14F5N5O. The molecule has 1 atom stereocenters. The fourth-order valence-corrected chi connectivity index (χ4v) is 2.71. The Kier molecular flexibility index (Phi) is 5.16. The zero-order valence-corrected chi connectivity index (χ0v) is 14.3. The van der Waals surface area contributed by atoms with Gasteiger partial charge in [-0.3, -0.25) is 0 Å². The van der Waals surface area contributed by atoms with Crippen LogP contribution in [0.15, 0.2) is 41.2 Å². The smallest absolute Gasteiger partial charge is 0.351 e. The highest BCUT2D eigenvalue weighted by Crippen LogP contribution is 2.21. The molecule has 0 fully saturated rings. The van der Waals surface area contributed by atoms with Gasteiger partial charge >= 0.3 is 5.69 Å². The summed E-state index contributed by atoms with van der Waals surface area (Å²) >= 11 is 0. The predicted octanol–water partition coefficient (Wildman–Crippen LogP) is 3.36. The molecule has 3 aromatic rings. The van der Waals surface area contributed by atoms with E-state index in [2.05, 4.69) is 16.7 Å². The van der Waals surface area contributed by atoms with Crippen molar-refractivity contribution in [3.05, 3.63) is 58.6 Å². The Bertz CT molecular complexity index is 1170. The molecular weight excluding hydrogens is 385 g/mol. The number of benzene rings is 1. The summed E-state index contributed by atoms with van der Waals surface area (Å²) < 4.78 is 68.6. The number of hydrogen-bond acceptors (Lipinski definition) is 4. The largest absolute Gasteiger partial charge is 0.381 e. The maximum absolute atomic E-state index is 14.1. The molecule has 28 heavy (non-hydrogen) atoms. The molecule has 0 bridgehead atoms. The number of alkyl halides is 1. The van der Waals surface area contributed by atoms with Gasteiger partial charge in [-0.2, -0.15) is 0 Å². The molecule has 148 valence electrons. The number of fused-ring (bicyclic) bond motifs is 3. The first-order valence-electron chi connectivity index (χ1n) is 8.03. The summed E-state index contributed by atoms with van der Waals surface area (Å²) in [5.41, 5.74) is 3.97. The van der Waals surface area contributed by atoms with Gasteiger partial charge in [-0.05, 0) is 6.42 Å². The van der Waals surface area contributed by atoms with Gasteiger partial charge in [0.2, 0.25) is 5.65 Å². The molecule has 6 nitrogen and oxygen atoms in total. The molecule has 1 unspecified atom stereocenters. The molecule has 1 aromatic carbocycles. The quantitative estimate of drug-likeness (QED) is 0.645. The topological polar surface area (TPSA) is 78.2 Å². The van der Waals surface area contributed by atoms with Crippen LogP contribution >= 0.6 is 0 Å². The summed E-state index contributed by atoms with van der Waals surface area (Å²) in [4.78, 5) is 16.5. The number of anilines is 1. The zero-order chi connectivity index (χ0) is 20.6. The van der Waals surface area contributed by atoms with E-state index in [0.29, 0.717) is 4.68 Å². The highest BCUT2D eigenvalue weighted by molar-refractivity contribution is 5.81. The molecule has 0 aliphatic heterocycles. The van der Waals surface area contributed by atoms with Crippen LogP contribution in [-0.4, -0.2) is 25.3 Å². The number of nitrogens with zero attached hydrogens (tertiary/aromatic N) is 4. The Hall–Kier alpha value is -3.24. The lowest BCUT2D eigenvalue weighted by Crippen LogP contribution is -2.24. The van der Waals surface area contributed by atoms with Crippen molar-refractivity contribution in [1.82, 2.24) is 19.2 Å². The minimum atomic E-state index is -1.88. The van der Waals surface area contributed by atoms with Crippen molar-refractivity contribution >= 4 is 22.5 Å². The Morgan fingerprint density at radius 1 is 1.32 bits per heavy atom. The van der Waals surface area contributed by atoms with Crippen molar-refractivity contribution in [2.75, 3.05) is 5.73 Å². The van der Waals surface area contributed by atoms with Crippen LogP contribution in [0.25, 0.3) is 16.7 Å². The van der Waals surface area contributed by atoms with Crippen LogP contribution < -0.4 is 11.4 Å². The average Bonchev–Trinajstić information content (AvgIpc) is 2.97. The maximum Gasteiger partial charge on any atom is 0.351 e. The summed E-state index contributed by atoms with van der Waals surface area (Å²) in [6.07, 6.45) is -2.60. The Morgan fingerprint density at radius 2 is 2.00 bits per heavy atom. The number of nitrogen functional groups attached to an aromatic ring is 1. The molecule has 0 spiro atoms. The molecule has 0 radical (unpaired) electrons. The predicted molar refractivity (Wildman–Crippen MR) is 92.7 cm³/mol. The second-order valence-corrected chi connectivity index (χ2v) is 6.06. The molecule has 2 heterocycles. The van der Waals surface area contributed by atoms with Gasteiger partial charge in [0.1, 0.15) is 6.17 Å². The van der Waals surface area contributed by atoms with E-state index < -0.39 is 41.4 Å². The van der Waals surface area contributed by atoms with E-state index in [1.807, 2.05) is 0 Å². The first-order valence-corrected chi connectivity index (χ1v) is 8.03. The van der Waals surface area contributed by atoms with E-state index in [-0.39, 0.29) is 41.7 Å². The van der Waals surface area contributed by atoms with E-state index in [4.69, 9.17) is 5.73 Å². The number of halogens is 5. The molecule has 2 N–H and O–H groups in total. The Morgan fingerprint density at radius 3 is 2.64 bits per heavy atom. The average molecular weight is 399 g/mol. The van der Waals surface area contributed by atoms with Crippen molar-refractivity contribution in [3.63, 3.8) is 0 Å². The van der Waals surface area contributed by atoms with Crippen molar-refractivity contribution in [2.45, 2.75) is 25.6 Å². The first-order chi connectivity index (χ1) is 13.2.